The van der Waals surface area contributed by atoms with Gasteiger partial charge in [0, 0.05) is 0 Å². The molecule has 0 amide bonds. The summed E-state index contributed by atoms with van der Waals surface area (Å²) in [5.74, 6) is -0.613. The summed E-state index contributed by atoms with van der Waals surface area (Å²) in [6, 6.07) is 3.78. The number of esters is 1. The van der Waals surface area contributed by atoms with Crippen LogP contribution in [-0.2, 0) is 14.8 Å². The second-order valence-electron chi connectivity index (χ2n) is 2.84. The summed E-state index contributed by atoms with van der Waals surface area (Å²) >= 11 is 5.77. The van der Waals surface area contributed by atoms with Gasteiger partial charge in [-0.1, -0.05) is 11.6 Å². The molecule has 1 N–H and O–H groups in total. The van der Waals surface area contributed by atoms with Crippen molar-refractivity contribution in [2.45, 2.75) is 4.90 Å². The van der Waals surface area contributed by atoms with Gasteiger partial charge >= 0.3 is 5.97 Å². The number of hydrogen-bond acceptors (Lipinski definition) is 4. The van der Waals surface area contributed by atoms with Gasteiger partial charge in [-0.05, 0) is 25.2 Å². The number of halogens is 1. The van der Waals surface area contributed by atoms with E-state index in [0.29, 0.717) is 0 Å². The van der Waals surface area contributed by atoms with Crippen molar-refractivity contribution in [1.29, 1.82) is 0 Å². The van der Waals surface area contributed by atoms with Gasteiger partial charge in [0.05, 0.1) is 22.6 Å². The number of methoxy groups -OCH3 is 1. The smallest absolute Gasteiger partial charge is 0.339 e. The molecule has 0 aliphatic heterocycles. The largest absolute Gasteiger partial charge is 0.465 e. The quantitative estimate of drug-likeness (QED) is 0.827. The Morgan fingerprint density at radius 2 is 2.06 bits per heavy atom. The Kier molecular flexibility index (Phi) is 3.90. The Morgan fingerprint density at radius 3 is 2.50 bits per heavy atom. The van der Waals surface area contributed by atoms with Gasteiger partial charge in [0.25, 0.3) is 0 Å². The van der Waals surface area contributed by atoms with Crippen LogP contribution in [0.3, 0.4) is 0 Å². The molecule has 0 heterocycles. The van der Waals surface area contributed by atoms with E-state index in [9.17, 15) is 13.2 Å². The number of hydrogen-bond donors (Lipinski definition) is 1. The van der Waals surface area contributed by atoms with Crippen LogP contribution in [0.2, 0.25) is 5.02 Å². The minimum Gasteiger partial charge on any atom is -0.465 e. The van der Waals surface area contributed by atoms with Gasteiger partial charge in [-0.25, -0.2) is 17.9 Å². The number of carbonyl (C=O) groups is 1. The van der Waals surface area contributed by atoms with E-state index < -0.39 is 16.0 Å². The van der Waals surface area contributed by atoms with E-state index in [2.05, 4.69) is 9.46 Å². The van der Waals surface area contributed by atoms with Crippen LogP contribution < -0.4 is 4.72 Å². The molecule has 0 fully saturated rings. The van der Waals surface area contributed by atoms with E-state index in [1.165, 1.54) is 32.4 Å². The van der Waals surface area contributed by atoms with Crippen LogP contribution in [0.5, 0.6) is 0 Å². The Labute approximate surface area is 98.4 Å². The van der Waals surface area contributed by atoms with Crippen molar-refractivity contribution in [2.24, 2.45) is 0 Å². The maximum absolute atomic E-state index is 11.4. The van der Waals surface area contributed by atoms with E-state index in [1.54, 1.807) is 0 Å². The average Bonchev–Trinajstić information content (AvgIpc) is 2.28. The molecule has 0 aliphatic rings. The molecule has 0 bridgehead atoms. The predicted octanol–water partition coefficient (Wildman–Crippen LogP) is 1.03. The zero-order valence-electron chi connectivity index (χ0n) is 8.65. The maximum Gasteiger partial charge on any atom is 0.339 e. The van der Waals surface area contributed by atoms with Crippen LogP contribution in [-0.4, -0.2) is 28.5 Å². The van der Waals surface area contributed by atoms with Gasteiger partial charge < -0.3 is 4.74 Å². The van der Waals surface area contributed by atoms with E-state index in [-0.39, 0.29) is 15.5 Å². The van der Waals surface area contributed by atoms with E-state index >= 15 is 0 Å². The second-order valence-corrected chi connectivity index (χ2v) is 5.13. The molecule has 5 nitrogen and oxygen atoms in total. The molecule has 7 heteroatoms. The number of rotatable bonds is 3. The molecule has 0 atom stereocenters. The van der Waals surface area contributed by atoms with Gasteiger partial charge in [-0.2, -0.15) is 0 Å². The molecule has 1 aromatic carbocycles. The molecule has 0 aliphatic carbocycles. The van der Waals surface area contributed by atoms with Crippen LogP contribution >= 0.6 is 11.6 Å². The minimum atomic E-state index is -3.56. The number of carbonyl (C=O) groups excluding carboxylic acids is 1. The Balaban J connectivity index is 3.25. The highest BCUT2D eigenvalue weighted by Gasteiger charge is 2.16. The van der Waals surface area contributed by atoms with Crippen LogP contribution in [0.25, 0.3) is 0 Å². The number of nitrogens with one attached hydrogen (secondary N) is 1. The average molecular weight is 264 g/mol. The fourth-order valence-electron chi connectivity index (χ4n) is 1.06. The van der Waals surface area contributed by atoms with Gasteiger partial charge in [-0.3, -0.25) is 0 Å². The molecule has 1 aromatic rings. The van der Waals surface area contributed by atoms with E-state index in [4.69, 9.17) is 11.6 Å². The van der Waals surface area contributed by atoms with Crippen LogP contribution in [0.15, 0.2) is 23.1 Å². The summed E-state index contributed by atoms with van der Waals surface area (Å²) in [6.07, 6.45) is 0. The van der Waals surface area contributed by atoms with Gasteiger partial charge in [0.15, 0.2) is 0 Å². The summed E-state index contributed by atoms with van der Waals surface area (Å²) < 4.78 is 29.5. The molecule has 0 saturated carbocycles. The van der Waals surface area contributed by atoms with Crippen molar-refractivity contribution < 1.29 is 17.9 Å². The lowest BCUT2D eigenvalue weighted by molar-refractivity contribution is 0.0601. The summed E-state index contributed by atoms with van der Waals surface area (Å²) in [5.41, 5.74) is 0.124. The highest BCUT2D eigenvalue weighted by molar-refractivity contribution is 7.89. The molecule has 1 rings (SSSR count). The summed E-state index contributed by atoms with van der Waals surface area (Å²) in [4.78, 5) is 11.2. The summed E-state index contributed by atoms with van der Waals surface area (Å²) in [6.45, 7) is 0. The number of ether oxygens (including phenoxy) is 1. The molecule has 0 unspecified atom stereocenters. The lowest BCUT2D eigenvalue weighted by Crippen LogP contribution is -2.18. The summed E-state index contributed by atoms with van der Waals surface area (Å²) in [7, 11) is -1.05. The third-order valence-corrected chi connectivity index (χ3v) is 3.65. The third kappa shape index (κ3) is 2.52. The Bertz CT molecular complexity index is 512. The minimum absolute atomic E-state index is 0.00680. The normalized spacial score (nSPS) is 11.2. The van der Waals surface area contributed by atoms with E-state index in [0.717, 1.165) is 0 Å². The molecular weight excluding hydrogens is 254 g/mol. The molecular formula is C9H10ClNO4S. The number of benzene rings is 1. The fraction of sp³-hybridized carbons (Fsp3) is 0.222. The van der Waals surface area contributed by atoms with Crippen molar-refractivity contribution in [3.05, 3.63) is 28.8 Å². The zero-order valence-corrected chi connectivity index (χ0v) is 10.2. The van der Waals surface area contributed by atoms with Crippen molar-refractivity contribution >= 4 is 27.6 Å². The van der Waals surface area contributed by atoms with Crippen LogP contribution in [0.4, 0.5) is 0 Å². The van der Waals surface area contributed by atoms with E-state index in [1.807, 2.05) is 0 Å². The standard InChI is InChI=1S/C9H10ClNO4S/c1-11-16(13,14)6-3-4-7(8(10)5-6)9(12)15-2/h3-5,11H,1-2H3. The Hall–Kier alpha value is -1.11. The SMILES string of the molecule is CNS(=O)(=O)c1ccc(C(=O)OC)c(Cl)c1. The predicted molar refractivity (Wildman–Crippen MR) is 59.0 cm³/mol. The van der Waals surface area contributed by atoms with Crippen molar-refractivity contribution in [3.63, 3.8) is 0 Å². The zero-order chi connectivity index (χ0) is 12.3. The van der Waals surface area contributed by atoms with Gasteiger partial charge in [0.1, 0.15) is 0 Å². The maximum atomic E-state index is 11.4. The van der Waals surface area contributed by atoms with Crippen LogP contribution in [0.1, 0.15) is 10.4 Å². The molecule has 0 saturated heterocycles. The topological polar surface area (TPSA) is 72.5 Å². The first-order valence-electron chi connectivity index (χ1n) is 4.24. The number of sulfonamides is 1. The van der Waals surface area contributed by atoms with Gasteiger partial charge in [0.2, 0.25) is 10.0 Å². The first-order chi connectivity index (χ1) is 7.42. The van der Waals surface area contributed by atoms with Crippen LogP contribution in [0, 0.1) is 0 Å². The second kappa shape index (κ2) is 4.82. The molecule has 0 radical (unpaired) electrons. The van der Waals surface area contributed by atoms with Gasteiger partial charge in [-0.15, -0.1) is 0 Å². The van der Waals surface area contributed by atoms with Crippen molar-refractivity contribution in [2.75, 3.05) is 14.2 Å². The highest BCUT2D eigenvalue weighted by Crippen LogP contribution is 2.21. The highest BCUT2D eigenvalue weighted by atomic mass is 35.5. The molecule has 0 aromatic heterocycles. The first-order valence-corrected chi connectivity index (χ1v) is 6.10. The third-order valence-electron chi connectivity index (χ3n) is 1.92. The fourth-order valence-corrected chi connectivity index (χ4v) is 2.13. The lowest BCUT2D eigenvalue weighted by atomic mass is 10.2. The Morgan fingerprint density at radius 1 is 1.44 bits per heavy atom. The molecule has 16 heavy (non-hydrogen) atoms. The summed E-state index contributed by atoms with van der Waals surface area (Å²) in [5, 5.41) is 0.0307. The van der Waals surface area contributed by atoms with Crippen molar-refractivity contribution in [1.82, 2.24) is 4.72 Å². The molecule has 0 spiro atoms. The van der Waals surface area contributed by atoms with Crippen molar-refractivity contribution in [3.8, 4) is 0 Å². The monoisotopic (exact) mass is 263 g/mol. The first kappa shape index (κ1) is 13.0. The molecule has 88 valence electrons. The lowest BCUT2D eigenvalue weighted by Gasteiger charge is -2.05.